The number of amides is 1. The van der Waals surface area contributed by atoms with Crippen molar-refractivity contribution in [2.75, 3.05) is 17.7 Å². The van der Waals surface area contributed by atoms with Gasteiger partial charge in [0.15, 0.2) is 11.0 Å². The van der Waals surface area contributed by atoms with Crippen LogP contribution >= 0.6 is 11.8 Å². The maximum Gasteiger partial charge on any atom is 0.234 e. The van der Waals surface area contributed by atoms with E-state index in [1.54, 1.807) is 12.1 Å². The first-order valence-electron chi connectivity index (χ1n) is 9.47. The van der Waals surface area contributed by atoms with E-state index in [4.69, 9.17) is 4.74 Å². The molecular formula is C21H21FN4O2S. The molecule has 1 aliphatic heterocycles. The van der Waals surface area contributed by atoms with Crippen LogP contribution in [-0.4, -0.2) is 39.1 Å². The monoisotopic (exact) mass is 412 g/mol. The van der Waals surface area contributed by atoms with Crippen molar-refractivity contribution in [1.82, 2.24) is 14.8 Å². The molecule has 1 saturated heterocycles. The second kappa shape index (κ2) is 9.19. The van der Waals surface area contributed by atoms with Crippen molar-refractivity contribution in [2.24, 2.45) is 0 Å². The third kappa shape index (κ3) is 5.02. The zero-order chi connectivity index (χ0) is 20.1. The first kappa shape index (κ1) is 19.6. The highest BCUT2D eigenvalue weighted by molar-refractivity contribution is 7.99. The number of nitrogens with one attached hydrogen (secondary N) is 1. The van der Waals surface area contributed by atoms with Gasteiger partial charge in [-0.05, 0) is 49.2 Å². The lowest BCUT2D eigenvalue weighted by Crippen LogP contribution is -2.18. The molecule has 0 aliphatic carbocycles. The van der Waals surface area contributed by atoms with Gasteiger partial charge in [-0.2, -0.15) is 0 Å². The molecule has 4 rings (SSSR count). The quantitative estimate of drug-likeness (QED) is 0.594. The maximum atomic E-state index is 13.3. The van der Waals surface area contributed by atoms with Crippen molar-refractivity contribution in [1.29, 1.82) is 0 Å². The number of benzene rings is 2. The number of anilines is 1. The molecule has 6 nitrogen and oxygen atoms in total. The van der Waals surface area contributed by atoms with Gasteiger partial charge in [-0.3, -0.25) is 9.36 Å². The Labute approximate surface area is 172 Å². The zero-order valence-electron chi connectivity index (χ0n) is 15.8. The fraction of sp³-hybridized carbons (Fsp3) is 0.286. The molecule has 8 heteroatoms. The average molecular weight is 412 g/mol. The number of rotatable bonds is 7. The van der Waals surface area contributed by atoms with E-state index in [1.807, 2.05) is 34.9 Å². The van der Waals surface area contributed by atoms with E-state index in [-0.39, 0.29) is 23.6 Å². The summed E-state index contributed by atoms with van der Waals surface area (Å²) in [5.41, 5.74) is 1.53. The Morgan fingerprint density at radius 1 is 1.17 bits per heavy atom. The second-order valence-electron chi connectivity index (χ2n) is 6.76. The lowest BCUT2D eigenvalue weighted by atomic mass is 10.2. The summed E-state index contributed by atoms with van der Waals surface area (Å²) < 4.78 is 21.0. The highest BCUT2D eigenvalue weighted by Gasteiger charge is 2.22. The molecule has 1 aliphatic rings. The van der Waals surface area contributed by atoms with E-state index < -0.39 is 0 Å². The van der Waals surface area contributed by atoms with Crippen LogP contribution in [0.3, 0.4) is 0 Å². The highest BCUT2D eigenvalue weighted by Crippen LogP contribution is 2.27. The Balaban J connectivity index is 1.50. The number of ether oxygens (including phenoxy) is 1. The van der Waals surface area contributed by atoms with Gasteiger partial charge in [0.25, 0.3) is 0 Å². The van der Waals surface area contributed by atoms with E-state index in [9.17, 15) is 9.18 Å². The van der Waals surface area contributed by atoms with Crippen LogP contribution in [0.2, 0.25) is 0 Å². The van der Waals surface area contributed by atoms with E-state index in [0.717, 1.165) is 30.7 Å². The standard InChI is InChI=1S/C21H21FN4O2S/c22-16-10-8-15(9-11-16)20-24-25-21(26(20)13-18-7-4-12-28-18)29-14-19(27)23-17-5-2-1-3-6-17/h1-3,5-6,8-11,18H,4,7,12-14H2,(H,23,27)/t18-/m1/s1. The molecule has 0 unspecified atom stereocenters. The molecule has 2 aromatic carbocycles. The van der Waals surface area contributed by atoms with Crippen LogP contribution < -0.4 is 5.32 Å². The van der Waals surface area contributed by atoms with Gasteiger partial charge in [-0.15, -0.1) is 10.2 Å². The van der Waals surface area contributed by atoms with Gasteiger partial charge in [0.2, 0.25) is 5.91 Å². The van der Waals surface area contributed by atoms with Crippen molar-refractivity contribution in [3.63, 3.8) is 0 Å². The van der Waals surface area contributed by atoms with Crippen molar-refractivity contribution in [3.05, 3.63) is 60.4 Å². The number of para-hydroxylation sites is 1. The third-order valence-corrected chi connectivity index (χ3v) is 5.59. The lowest BCUT2D eigenvalue weighted by molar-refractivity contribution is -0.113. The van der Waals surface area contributed by atoms with Gasteiger partial charge < -0.3 is 10.1 Å². The summed E-state index contributed by atoms with van der Waals surface area (Å²) >= 11 is 1.32. The van der Waals surface area contributed by atoms with Crippen LogP contribution in [0.1, 0.15) is 12.8 Å². The predicted octanol–water partition coefficient (Wildman–Crippen LogP) is 3.99. The van der Waals surface area contributed by atoms with Gasteiger partial charge >= 0.3 is 0 Å². The fourth-order valence-electron chi connectivity index (χ4n) is 3.21. The first-order chi connectivity index (χ1) is 14.2. The Kier molecular flexibility index (Phi) is 6.21. The minimum Gasteiger partial charge on any atom is -0.376 e. The summed E-state index contributed by atoms with van der Waals surface area (Å²) in [5.74, 6) is 0.441. The number of carbonyl (C=O) groups excluding carboxylic acids is 1. The highest BCUT2D eigenvalue weighted by atomic mass is 32.2. The zero-order valence-corrected chi connectivity index (χ0v) is 16.6. The minimum atomic E-state index is -0.300. The maximum absolute atomic E-state index is 13.3. The first-order valence-corrected chi connectivity index (χ1v) is 10.5. The molecule has 1 aromatic heterocycles. The van der Waals surface area contributed by atoms with Crippen LogP contribution in [0.5, 0.6) is 0 Å². The topological polar surface area (TPSA) is 69.0 Å². The SMILES string of the molecule is O=C(CSc1nnc(-c2ccc(F)cc2)n1C[C@H]1CCCO1)Nc1ccccc1. The van der Waals surface area contributed by atoms with Crippen molar-refractivity contribution >= 4 is 23.4 Å². The summed E-state index contributed by atoms with van der Waals surface area (Å²) in [4.78, 5) is 12.3. The molecular weight excluding hydrogens is 391 g/mol. The molecule has 1 atom stereocenters. The molecule has 1 fully saturated rings. The smallest absolute Gasteiger partial charge is 0.234 e. The molecule has 2 heterocycles. The van der Waals surface area contributed by atoms with E-state index >= 15 is 0 Å². The Morgan fingerprint density at radius 3 is 2.69 bits per heavy atom. The summed E-state index contributed by atoms with van der Waals surface area (Å²) in [6.45, 7) is 1.35. The molecule has 0 spiro atoms. The third-order valence-electron chi connectivity index (χ3n) is 4.62. The van der Waals surface area contributed by atoms with Gasteiger partial charge in [-0.1, -0.05) is 30.0 Å². The Bertz CT molecular complexity index is 957. The van der Waals surface area contributed by atoms with Crippen molar-refractivity contribution in [3.8, 4) is 11.4 Å². The molecule has 1 amide bonds. The molecule has 150 valence electrons. The summed E-state index contributed by atoms with van der Waals surface area (Å²) in [7, 11) is 0. The Morgan fingerprint density at radius 2 is 1.97 bits per heavy atom. The van der Waals surface area contributed by atoms with E-state index in [2.05, 4.69) is 15.5 Å². The number of hydrogen-bond donors (Lipinski definition) is 1. The summed E-state index contributed by atoms with van der Waals surface area (Å²) in [6.07, 6.45) is 2.09. The Hall–Kier alpha value is -2.71. The molecule has 3 aromatic rings. The van der Waals surface area contributed by atoms with Crippen LogP contribution in [0.4, 0.5) is 10.1 Å². The van der Waals surface area contributed by atoms with Crippen molar-refractivity contribution in [2.45, 2.75) is 30.6 Å². The normalized spacial score (nSPS) is 16.1. The summed E-state index contributed by atoms with van der Waals surface area (Å²) in [6, 6.07) is 15.5. The number of halogens is 1. The number of hydrogen-bond acceptors (Lipinski definition) is 5. The molecule has 1 N–H and O–H groups in total. The molecule has 0 saturated carbocycles. The van der Waals surface area contributed by atoms with E-state index in [1.165, 1.54) is 23.9 Å². The van der Waals surface area contributed by atoms with Crippen LogP contribution in [0, 0.1) is 5.82 Å². The number of thioether (sulfide) groups is 1. The van der Waals surface area contributed by atoms with Crippen LogP contribution in [0.15, 0.2) is 59.8 Å². The van der Waals surface area contributed by atoms with Gasteiger partial charge in [-0.25, -0.2) is 4.39 Å². The summed E-state index contributed by atoms with van der Waals surface area (Å²) in [5, 5.41) is 12.1. The van der Waals surface area contributed by atoms with Crippen LogP contribution in [0.25, 0.3) is 11.4 Å². The van der Waals surface area contributed by atoms with E-state index in [0.29, 0.717) is 17.5 Å². The van der Waals surface area contributed by atoms with Crippen molar-refractivity contribution < 1.29 is 13.9 Å². The lowest BCUT2D eigenvalue weighted by Gasteiger charge is -2.14. The molecule has 0 radical (unpaired) electrons. The van der Waals surface area contributed by atoms with Gasteiger partial charge in [0, 0.05) is 17.9 Å². The largest absolute Gasteiger partial charge is 0.376 e. The number of carbonyl (C=O) groups is 1. The minimum absolute atomic E-state index is 0.0858. The van der Waals surface area contributed by atoms with Gasteiger partial charge in [0.1, 0.15) is 5.82 Å². The number of nitrogens with zero attached hydrogens (tertiary/aromatic N) is 3. The van der Waals surface area contributed by atoms with Gasteiger partial charge in [0.05, 0.1) is 18.4 Å². The number of aromatic nitrogens is 3. The predicted molar refractivity (Wildman–Crippen MR) is 110 cm³/mol. The average Bonchev–Trinajstić information content (AvgIpc) is 3.38. The molecule has 29 heavy (non-hydrogen) atoms. The molecule has 0 bridgehead atoms. The second-order valence-corrected chi connectivity index (χ2v) is 7.70. The fourth-order valence-corrected chi connectivity index (χ4v) is 3.96. The van der Waals surface area contributed by atoms with Crippen LogP contribution in [-0.2, 0) is 16.1 Å².